The number of hydrogen-bond acceptors (Lipinski definition) is 2. The summed E-state index contributed by atoms with van der Waals surface area (Å²) >= 11 is 0. The summed E-state index contributed by atoms with van der Waals surface area (Å²) < 4.78 is 13.1. The first-order chi connectivity index (χ1) is 12.9. The van der Waals surface area contributed by atoms with Crippen LogP contribution in [0.25, 0.3) is 6.08 Å². The second-order valence-electron chi connectivity index (χ2n) is 7.49. The summed E-state index contributed by atoms with van der Waals surface area (Å²) in [7, 11) is 0. The number of benzene rings is 2. The molecule has 2 atom stereocenters. The minimum absolute atomic E-state index is 0.0522. The second kappa shape index (κ2) is 8.49. The molecule has 1 amide bonds. The molecular weight excluding hydrogens is 339 g/mol. The van der Waals surface area contributed by atoms with Crippen molar-refractivity contribution in [3.05, 3.63) is 77.1 Å². The topological polar surface area (TPSA) is 23.6 Å². The molecule has 27 heavy (non-hydrogen) atoms. The van der Waals surface area contributed by atoms with Crippen LogP contribution in [-0.2, 0) is 11.3 Å². The molecule has 2 aromatic rings. The third kappa shape index (κ3) is 5.04. The third-order valence-corrected chi connectivity index (χ3v) is 5.19. The van der Waals surface area contributed by atoms with E-state index in [0.29, 0.717) is 6.54 Å². The maximum absolute atomic E-state index is 13.1. The van der Waals surface area contributed by atoms with Crippen molar-refractivity contribution in [2.45, 2.75) is 39.4 Å². The Labute approximate surface area is 161 Å². The van der Waals surface area contributed by atoms with Crippen molar-refractivity contribution in [1.29, 1.82) is 0 Å². The number of nitrogens with zero attached hydrogens (tertiary/aromatic N) is 2. The summed E-state index contributed by atoms with van der Waals surface area (Å²) in [5.74, 6) is -0.160. The average Bonchev–Trinajstić information content (AvgIpc) is 2.65. The zero-order chi connectivity index (χ0) is 19.4. The van der Waals surface area contributed by atoms with Crippen LogP contribution in [0, 0.1) is 12.7 Å². The lowest BCUT2D eigenvalue weighted by Gasteiger charge is -2.44. The molecule has 0 N–H and O–H groups in total. The number of piperazine rings is 1. The van der Waals surface area contributed by atoms with Crippen LogP contribution in [0.4, 0.5) is 4.39 Å². The van der Waals surface area contributed by atoms with Crippen LogP contribution in [0.15, 0.2) is 54.6 Å². The molecule has 0 spiro atoms. The number of rotatable bonds is 4. The highest BCUT2D eigenvalue weighted by atomic mass is 19.1. The van der Waals surface area contributed by atoms with E-state index >= 15 is 0 Å². The Kier molecular flexibility index (Phi) is 6.07. The SMILES string of the molecule is Cc1ccc(/C=C/C(=O)N2C[C@@H](C)N(Cc3ccc(F)cc3)C[C@@H]2C)cc1. The molecule has 1 aliphatic heterocycles. The summed E-state index contributed by atoms with van der Waals surface area (Å²) in [6.07, 6.45) is 3.55. The van der Waals surface area contributed by atoms with Crippen LogP contribution in [0.1, 0.15) is 30.5 Å². The highest BCUT2D eigenvalue weighted by Crippen LogP contribution is 2.19. The van der Waals surface area contributed by atoms with Crippen LogP contribution in [0.2, 0.25) is 0 Å². The van der Waals surface area contributed by atoms with E-state index < -0.39 is 0 Å². The predicted molar refractivity (Wildman–Crippen MR) is 108 cm³/mol. The van der Waals surface area contributed by atoms with Gasteiger partial charge in [-0.3, -0.25) is 9.69 Å². The fourth-order valence-electron chi connectivity index (χ4n) is 3.49. The molecule has 0 unspecified atom stereocenters. The summed E-state index contributed by atoms with van der Waals surface area (Å²) in [5, 5.41) is 0. The molecule has 0 radical (unpaired) electrons. The van der Waals surface area contributed by atoms with Crippen molar-refractivity contribution >= 4 is 12.0 Å². The van der Waals surface area contributed by atoms with Crippen molar-refractivity contribution in [2.75, 3.05) is 13.1 Å². The van der Waals surface area contributed by atoms with E-state index in [0.717, 1.165) is 24.2 Å². The van der Waals surface area contributed by atoms with Gasteiger partial charge >= 0.3 is 0 Å². The van der Waals surface area contributed by atoms with Gasteiger partial charge in [0.1, 0.15) is 5.82 Å². The molecule has 2 aromatic carbocycles. The molecule has 3 rings (SSSR count). The molecule has 0 bridgehead atoms. The summed E-state index contributed by atoms with van der Waals surface area (Å²) in [6.45, 7) is 8.54. The van der Waals surface area contributed by atoms with Crippen LogP contribution in [0.3, 0.4) is 0 Å². The van der Waals surface area contributed by atoms with E-state index in [1.165, 1.54) is 17.7 Å². The van der Waals surface area contributed by atoms with E-state index in [2.05, 4.69) is 18.7 Å². The van der Waals surface area contributed by atoms with E-state index in [9.17, 15) is 9.18 Å². The first-order valence-electron chi connectivity index (χ1n) is 9.46. The van der Waals surface area contributed by atoms with Crippen molar-refractivity contribution in [3.8, 4) is 0 Å². The molecule has 1 fully saturated rings. The van der Waals surface area contributed by atoms with Gasteiger partial charge in [-0.15, -0.1) is 0 Å². The van der Waals surface area contributed by atoms with Crippen molar-refractivity contribution in [2.24, 2.45) is 0 Å². The second-order valence-corrected chi connectivity index (χ2v) is 7.49. The van der Waals surface area contributed by atoms with Gasteiger partial charge in [-0.25, -0.2) is 4.39 Å². The minimum atomic E-state index is -0.212. The molecule has 0 aromatic heterocycles. The van der Waals surface area contributed by atoms with Gasteiger partial charge in [0.15, 0.2) is 0 Å². The Morgan fingerprint density at radius 2 is 1.70 bits per heavy atom. The first kappa shape index (κ1) is 19.3. The lowest BCUT2D eigenvalue weighted by atomic mass is 10.1. The van der Waals surface area contributed by atoms with E-state index in [4.69, 9.17) is 0 Å². The minimum Gasteiger partial charge on any atom is -0.334 e. The number of carbonyl (C=O) groups excluding carboxylic acids is 1. The molecule has 4 heteroatoms. The Morgan fingerprint density at radius 1 is 1.04 bits per heavy atom. The number of aryl methyl sites for hydroxylation is 1. The standard InChI is InChI=1S/C23H27FN2O/c1-17-4-6-20(7-5-17)10-13-23(27)26-15-18(2)25(14-19(26)3)16-21-8-11-22(24)12-9-21/h4-13,18-19H,14-16H2,1-3H3/b13-10+/t18-,19+/m1/s1. The van der Waals surface area contributed by atoms with Gasteiger partial charge in [0.2, 0.25) is 5.91 Å². The molecule has 1 aliphatic rings. The summed E-state index contributed by atoms with van der Waals surface area (Å²) in [5.41, 5.74) is 3.33. The molecule has 0 saturated carbocycles. The fraction of sp³-hybridized carbons (Fsp3) is 0.348. The zero-order valence-corrected chi connectivity index (χ0v) is 16.2. The van der Waals surface area contributed by atoms with Crippen molar-refractivity contribution in [1.82, 2.24) is 9.80 Å². The van der Waals surface area contributed by atoms with Gasteiger partial charge in [-0.05, 0) is 50.1 Å². The van der Waals surface area contributed by atoms with Gasteiger partial charge < -0.3 is 4.90 Å². The van der Waals surface area contributed by atoms with Crippen LogP contribution < -0.4 is 0 Å². The van der Waals surface area contributed by atoms with Crippen LogP contribution >= 0.6 is 0 Å². The molecular formula is C23H27FN2O. The van der Waals surface area contributed by atoms with E-state index in [-0.39, 0.29) is 23.8 Å². The summed E-state index contributed by atoms with van der Waals surface area (Å²) in [4.78, 5) is 17.0. The van der Waals surface area contributed by atoms with Gasteiger partial charge in [-0.2, -0.15) is 0 Å². The Bertz CT molecular complexity index is 798. The quantitative estimate of drug-likeness (QED) is 0.755. The lowest BCUT2D eigenvalue weighted by Crippen LogP contribution is -2.57. The first-order valence-corrected chi connectivity index (χ1v) is 9.46. The molecule has 0 aliphatic carbocycles. The van der Waals surface area contributed by atoms with Gasteiger partial charge in [0, 0.05) is 37.8 Å². The highest BCUT2D eigenvalue weighted by Gasteiger charge is 2.30. The van der Waals surface area contributed by atoms with Gasteiger partial charge in [-0.1, -0.05) is 42.0 Å². The van der Waals surface area contributed by atoms with E-state index in [1.807, 2.05) is 54.3 Å². The number of hydrogen-bond donors (Lipinski definition) is 0. The lowest BCUT2D eigenvalue weighted by molar-refractivity contribution is -0.131. The zero-order valence-electron chi connectivity index (χ0n) is 16.2. The maximum Gasteiger partial charge on any atom is 0.246 e. The Balaban J connectivity index is 1.61. The number of amides is 1. The number of halogens is 1. The largest absolute Gasteiger partial charge is 0.334 e. The van der Waals surface area contributed by atoms with E-state index in [1.54, 1.807) is 6.08 Å². The average molecular weight is 366 g/mol. The maximum atomic E-state index is 13.1. The van der Waals surface area contributed by atoms with Gasteiger partial charge in [0.25, 0.3) is 0 Å². The monoisotopic (exact) mass is 366 g/mol. The molecule has 3 nitrogen and oxygen atoms in total. The third-order valence-electron chi connectivity index (χ3n) is 5.19. The van der Waals surface area contributed by atoms with Gasteiger partial charge in [0.05, 0.1) is 0 Å². The smallest absolute Gasteiger partial charge is 0.246 e. The Morgan fingerprint density at radius 3 is 2.37 bits per heavy atom. The van der Waals surface area contributed by atoms with Crippen molar-refractivity contribution < 1.29 is 9.18 Å². The Hall–Kier alpha value is -2.46. The summed E-state index contributed by atoms with van der Waals surface area (Å²) in [6, 6.07) is 15.2. The predicted octanol–water partition coefficient (Wildman–Crippen LogP) is 4.27. The van der Waals surface area contributed by atoms with Crippen LogP contribution in [-0.4, -0.2) is 40.9 Å². The highest BCUT2D eigenvalue weighted by molar-refractivity contribution is 5.92. The fourth-order valence-corrected chi connectivity index (χ4v) is 3.49. The number of carbonyl (C=O) groups is 1. The normalized spacial score (nSPS) is 21.0. The molecule has 1 heterocycles. The van der Waals surface area contributed by atoms with Crippen molar-refractivity contribution in [3.63, 3.8) is 0 Å². The van der Waals surface area contributed by atoms with Crippen LogP contribution in [0.5, 0.6) is 0 Å². The molecule has 142 valence electrons. The molecule has 1 saturated heterocycles.